The number of H-pyrrole nitrogens is 1. The van der Waals surface area contributed by atoms with Gasteiger partial charge in [-0.3, -0.25) is 0 Å². The van der Waals surface area contributed by atoms with Crippen molar-refractivity contribution in [1.29, 1.82) is 0 Å². The number of fused-ring (bicyclic) bond motifs is 1. The van der Waals surface area contributed by atoms with Crippen molar-refractivity contribution in [1.82, 2.24) is 15.0 Å². The minimum atomic E-state index is 0.324. The van der Waals surface area contributed by atoms with Crippen LogP contribution < -0.4 is 10.5 Å². The van der Waals surface area contributed by atoms with Crippen LogP contribution in [0.4, 0.5) is 5.95 Å². The van der Waals surface area contributed by atoms with Crippen LogP contribution in [0.1, 0.15) is 6.92 Å². The number of halogens is 1. The van der Waals surface area contributed by atoms with Gasteiger partial charge in [-0.05, 0) is 6.92 Å². The van der Waals surface area contributed by atoms with Gasteiger partial charge in [0.05, 0.1) is 12.1 Å². The topological polar surface area (TPSA) is 76.8 Å². The molecule has 0 amide bonds. The first-order valence-electron chi connectivity index (χ1n) is 4.15. The van der Waals surface area contributed by atoms with Gasteiger partial charge in [-0.2, -0.15) is 4.98 Å². The molecule has 0 atom stereocenters. The Morgan fingerprint density at radius 1 is 1.57 bits per heavy atom. The van der Waals surface area contributed by atoms with Gasteiger partial charge in [0.25, 0.3) is 0 Å². The van der Waals surface area contributed by atoms with Gasteiger partial charge in [-0.1, -0.05) is 11.6 Å². The standard InChI is InChI=1S/C8H9ClN4O/c1-2-14-7-6-4(3-5(9)12-7)11-8(10)13-6/h3H,2H2,1H3,(H3,10,11,13). The predicted molar refractivity (Wildman–Crippen MR) is 54.5 cm³/mol. The second-order valence-corrected chi connectivity index (χ2v) is 3.09. The molecule has 0 aliphatic carbocycles. The second-order valence-electron chi connectivity index (χ2n) is 2.70. The molecule has 0 aliphatic heterocycles. The van der Waals surface area contributed by atoms with E-state index in [4.69, 9.17) is 22.1 Å². The van der Waals surface area contributed by atoms with Crippen molar-refractivity contribution in [3.05, 3.63) is 11.2 Å². The van der Waals surface area contributed by atoms with E-state index in [1.807, 2.05) is 6.92 Å². The Hall–Kier alpha value is -1.49. The number of pyridine rings is 1. The molecule has 2 rings (SSSR count). The summed E-state index contributed by atoms with van der Waals surface area (Å²) in [5, 5.41) is 0.351. The summed E-state index contributed by atoms with van der Waals surface area (Å²) in [6.07, 6.45) is 0. The normalized spacial score (nSPS) is 10.7. The van der Waals surface area contributed by atoms with Crippen molar-refractivity contribution in [3.63, 3.8) is 0 Å². The summed E-state index contributed by atoms with van der Waals surface area (Å²) in [6, 6.07) is 1.66. The average Bonchev–Trinajstić information content (AvgIpc) is 2.45. The van der Waals surface area contributed by atoms with Gasteiger partial charge in [0.2, 0.25) is 5.88 Å². The number of nitrogen functional groups attached to an aromatic ring is 1. The number of nitrogens with zero attached hydrogens (tertiary/aromatic N) is 2. The van der Waals surface area contributed by atoms with Crippen molar-refractivity contribution in [2.45, 2.75) is 6.92 Å². The number of nitrogens with one attached hydrogen (secondary N) is 1. The van der Waals surface area contributed by atoms with E-state index in [1.54, 1.807) is 6.07 Å². The molecule has 0 saturated carbocycles. The van der Waals surface area contributed by atoms with Crippen LogP contribution >= 0.6 is 11.6 Å². The molecule has 74 valence electrons. The molecule has 0 fully saturated rings. The minimum absolute atomic E-state index is 0.324. The molecule has 0 spiro atoms. The highest BCUT2D eigenvalue weighted by Crippen LogP contribution is 2.25. The third-order valence-electron chi connectivity index (χ3n) is 1.71. The number of hydrogen-bond donors (Lipinski definition) is 2. The summed E-state index contributed by atoms with van der Waals surface area (Å²) in [5.41, 5.74) is 6.85. The zero-order chi connectivity index (χ0) is 10.1. The molecule has 0 bridgehead atoms. The molecular weight excluding hydrogens is 204 g/mol. The molecule has 14 heavy (non-hydrogen) atoms. The number of nitrogens with two attached hydrogens (primary N) is 1. The lowest BCUT2D eigenvalue weighted by Gasteiger charge is -2.01. The average molecular weight is 213 g/mol. The number of anilines is 1. The number of rotatable bonds is 2. The van der Waals surface area contributed by atoms with E-state index in [-0.39, 0.29) is 0 Å². The molecule has 2 aromatic rings. The Bertz CT molecular complexity index is 468. The van der Waals surface area contributed by atoms with Crippen LogP contribution in [0.25, 0.3) is 11.0 Å². The van der Waals surface area contributed by atoms with Crippen LogP contribution in [0.5, 0.6) is 5.88 Å². The van der Waals surface area contributed by atoms with Gasteiger partial charge >= 0.3 is 0 Å². The highest BCUT2D eigenvalue weighted by atomic mass is 35.5. The van der Waals surface area contributed by atoms with Gasteiger partial charge in [0, 0.05) is 6.07 Å². The van der Waals surface area contributed by atoms with Crippen molar-refractivity contribution in [3.8, 4) is 5.88 Å². The molecule has 0 unspecified atom stereocenters. The summed E-state index contributed by atoms with van der Waals surface area (Å²) in [5.74, 6) is 0.730. The zero-order valence-electron chi connectivity index (χ0n) is 7.54. The molecule has 2 aromatic heterocycles. The van der Waals surface area contributed by atoms with Gasteiger partial charge in [-0.15, -0.1) is 0 Å². The number of imidazole rings is 1. The maximum absolute atomic E-state index is 5.79. The van der Waals surface area contributed by atoms with E-state index < -0.39 is 0 Å². The van der Waals surface area contributed by atoms with E-state index in [9.17, 15) is 0 Å². The largest absolute Gasteiger partial charge is 0.476 e. The minimum Gasteiger partial charge on any atom is -0.476 e. The van der Waals surface area contributed by atoms with Crippen molar-refractivity contribution < 1.29 is 4.74 Å². The lowest BCUT2D eigenvalue weighted by Crippen LogP contribution is -1.95. The Morgan fingerprint density at radius 2 is 2.36 bits per heavy atom. The van der Waals surface area contributed by atoms with E-state index in [0.29, 0.717) is 29.1 Å². The Morgan fingerprint density at radius 3 is 3.07 bits per heavy atom. The molecule has 0 aliphatic rings. The number of hydrogen-bond acceptors (Lipinski definition) is 4. The fourth-order valence-electron chi connectivity index (χ4n) is 1.21. The van der Waals surface area contributed by atoms with Crippen molar-refractivity contribution in [2.75, 3.05) is 12.3 Å². The summed E-state index contributed by atoms with van der Waals surface area (Å²) in [6.45, 7) is 2.37. The maximum Gasteiger partial charge on any atom is 0.243 e. The fourth-order valence-corrected chi connectivity index (χ4v) is 1.40. The van der Waals surface area contributed by atoms with Gasteiger partial charge in [0.15, 0.2) is 11.5 Å². The van der Waals surface area contributed by atoms with E-state index in [1.165, 1.54) is 0 Å². The Labute approximate surface area is 85.2 Å². The van der Waals surface area contributed by atoms with E-state index in [0.717, 1.165) is 5.52 Å². The first-order valence-corrected chi connectivity index (χ1v) is 4.53. The summed E-state index contributed by atoms with van der Waals surface area (Å²) in [7, 11) is 0. The second kappa shape index (κ2) is 3.34. The maximum atomic E-state index is 5.79. The molecule has 3 N–H and O–H groups in total. The van der Waals surface area contributed by atoms with Gasteiger partial charge in [-0.25, -0.2) is 4.98 Å². The molecule has 0 aromatic carbocycles. The van der Waals surface area contributed by atoms with Crippen LogP contribution in [0.15, 0.2) is 6.07 Å². The van der Waals surface area contributed by atoms with Crippen molar-refractivity contribution in [2.24, 2.45) is 0 Å². The van der Waals surface area contributed by atoms with Crippen LogP contribution in [0.3, 0.4) is 0 Å². The predicted octanol–water partition coefficient (Wildman–Crippen LogP) is 1.59. The SMILES string of the molecule is CCOc1nc(Cl)cc2[nH]c(N)nc12. The van der Waals surface area contributed by atoms with E-state index >= 15 is 0 Å². The molecular formula is C8H9ClN4O. The van der Waals surface area contributed by atoms with Crippen LogP contribution in [0.2, 0.25) is 5.15 Å². The number of aromatic amines is 1. The molecule has 2 heterocycles. The lowest BCUT2D eigenvalue weighted by molar-refractivity contribution is 0.331. The summed E-state index contributed by atoms with van der Waals surface area (Å²) < 4.78 is 5.28. The van der Waals surface area contributed by atoms with Crippen LogP contribution in [-0.4, -0.2) is 21.6 Å². The summed E-state index contributed by atoms with van der Waals surface area (Å²) in [4.78, 5) is 10.9. The third kappa shape index (κ3) is 1.46. The Kier molecular flexibility index (Phi) is 2.17. The molecule has 0 saturated heterocycles. The first-order chi connectivity index (χ1) is 6.70. The van der Waals surface area contributed by atoms with Gasteiger partial charge < -0.3 is 15.5 Å². The molecule has 6 heteroatoms. The van der Waals surface area contributed by atoms with Gasteiger partial charge in [0.1, 0.15) is 5.15 Å². The van der Waals surface area contributed by atoms with Crippen molar-refractivity contribution >= 4 is 28.6 Å². The van der Waals surface area contributed by atoms with E-state index in [2.05, 4.69) is 15.0 Å². The monoisotopic (exact) mass is 212 g/mol. The highest BCUT2D eigenvalue weighted by molar-refractivity contribution is 6.30. The highest BCUT2D eigenvalue weighted by Gasteiger charge is 2.09. The third-order valence-corrected chi connectivity index (χ3v) is 1.90. The number of aromatic nitrogens is 3. The Balaban J connectivity index is 2.66. The zero-order valence-corrected chi connectivity index (χ0v) is 8.30. The summed E-state index contributed by atoms with van der Waals surface area (Å²) >= 11 is 5.79. The molecule has 0 radical (unpaired) electrons. The first kappa shape index (κ1) is 9.08. The lowest BCUT2D eigenvalue weighted by atomic mass is 10.4. The van der Waals surface area contributed by atoms with Crippen LogP contribution in [-0.2, 0) is 0 Å². The quantitative estimate of drug-likeness (QED) is 0.742. The van der Waals surface area contributed by atoms with Crippen LogP contribution in [0, 0.1) is 0 Å². The molecule has 5 nitrogen and oxygen atoms in total. The smallest absolute Gasteiger partial charge is 0.243 e. The number of ether oxygens (including phenoxy) is 1. The fraction of sp³-hybridized carbons (Fsp3) is 0.250.